The van der Waals surface area contributed by atoms with Crippen molar-refractivity contribution in [1.29, 1.82) is 0 Å². The molecule has 1 N–H and O–H groups in total. The highest BCUT2D eigenvalue weighted by molar-refractivity contribution is 7.91. The minimum atomic E-state index is -2.95. The Morgan fingerprint density at radius 3 is 2.00 bits per heavy atom. The lowest BCUT2D eigenvalue weighted by atomic mass is 9.77. The van der Waals surface area contributed by atoms with E-state index in [0.29, 0.717) is 5.75 Å². The van der Waals surface area contributed by atoms with Crippen molar-refractivity contribution in [1.82, 2.24) is 5.32 Å². The Labute approximate surface area is 133 Å². The van der Waals surface area contributed by atoms with Gasteiger partial charge in [0.25, 0.3) is 0 Å². The van der Waals surface area contributed by atoms with Crippen molar-refractivity contribution in [3.8, 4) is 0 Å². The maximum atomic E-state index is 12.1. The van der Waals surface area contributed by atoms with Crippen molar-refractivity contribution in [2.75, 3.05) is 12.3 Å². The van der Waals surface area contributed by atoms with Gasteiger partial charge in [0.2, 0.25) is 0 Å². The number of sulfone groups is 1. The summed E-state index contributed by atoms with van der Waals surface area (Å²) in [6.07, 6.45) is 5.24. The van der Waals surface area contributed by atoms with E-state index in [1.807, 2.05) is 0 Å². The first-order chi connectivity index (χ1) is 9.48. The number of rotatable bonds is 10. The molecule has 0 aromatic carbocycles. The van der Waals surface area contributed by atoms with E-state index in [1.54, 1.807) is 13.8 Å². The van der Waals surface area contributed by atoms with Crippen LogP contribution in [-0.4, -0.2) is 31.5 Å². The average Bonchev–Trinajstić information content (AvgIpc) is 2.37. The first-order valence-corrected chi connectivity index (χ1v) is 10.2. The molecule has 0 fully saturated rings. The van der Waals surface area contributed by atoms with Gasteiger partial charge in [-0.15, -0.1) is 0 Å². The number of hydrogen-bond donors (Lipinski definition) is 1. The van der Waals surface area contributed by atoms with Crippen LogP contribution in [0, 0.1) is 5.41 Å². The fourth-order valence-electron chi connectivity index (χ4n) is 2.38. The molecule has 0 rings (SSSR count). The summed E-state index contributed by atoms with van der Waals surface area (Å²) in [5.74, 6) is 0.314. The molecule has 0 spiro atoms. The van der Waals surface area contributed by atoms with E-state index in [-0.39, 0.29) is 16.2 Å². The molecule has 1 unspecified atom stereocenters. The van der Waals surface area contributed by atoms with Gasteiger partial charge >= 0.3 is 0 Å². The normalized spacial score (nSPS) is 16.2. The highest BCUT2D eigenvalue weighted by Gasteiger charge is 2.31. The van der Waals surface area contributed by atoms with Crippen LogP contribution in [-0.2, 0) is 9.84 Å². The van der Waals surface area contributed by atoms with E-state index < -0.39 is 9.84 Å². The number of unbranched alkanes of at least 4 members (excludes halogenated alkanes) is 1. The molecule has 0 aliphatic rings. The van der Waals surface area contributed by atoms with Crippen LogP contribution in [0.5, 0.6) is 0 Å². The molecule has 3 nitrogen and oxygen atoms in total. The minimum Gasteiger partial charge on any atom is -0.312 e. The largest absolute Gasteiger partial charge is 0.312 e. The number of hydrogen-bond acceptors (Lipinski definition) is 3. The van der Waals surface area contributed by atoms with Crippen LogP contribution in [0.4, 0.5) is 0 Å². The zero-order chi connectivity index (χ0) is 16.7. The van der Waals surface area contributed by atoms with Crippen molar-refractivity contribution in [2.45, 2.75) is 91.4 Å². The van der Waals surface area contributed by atoms with Gasteiger partial charge in [0, 0.05) is 12.1 Å². The van der Waals surface area contributed by atoms with Crippen LogP contribution in [0.1, 0.15) is 80.6 Å². The van der Waals surface area contributed by atoms with Gasteiger partial charge in [-0.05, 0) is 59.3 Å². The Kier molecular flexibility index (Phi) is 8.48. The van der Waals surface area contributed by atoms with Gasteiger partial charge < -0.3 is 5.32 Å². The van der Waals surface area contributed by atoms with Gasteiger partial charge in [-0.2, -0.15) is 0 Å². The molecule has 1 atom stereocenters. The topological polar surface area (TPSA) is 46.2 Å². The van der Waals surface area contributed by atoms with Crippen molar-refractivity contribution in [2.24, 2.45) is 5.41 Å². The van der Waals surface area contributed by atoms with Crippen molar-refractivity contribution < 1.29 is 8.42 Å². The minimum absolute atomic E-state index is 0.0730. The van der Waals surface area contributed by atoms with E-state index in [9.17, 15) is 8.42 Å². The summed E-state index contributed by atoms with van der Waals surface area (Å²) in [5, 5.41) is 3.32. The fourth-order valence-corrected chi connectivity index (χ4v) is 3.57. The zero-order valence-electron chi connectivity index (χ0n) is 15.3. The predicted octanol–water partition coefficient (Wildman–Crippen LogP) is 4.17. The van der Waals surface area contributed by atoms with E-state index >= 15 is 0 Å². The van der Waals surface area contributed by atoms with E-state index in [2.05, 4.69) is 39.9 Å². The Hall–Kier alpha value is -0.0900. The SMILES string of the molecule is CCCCC(CC)(CCS(=O)(=O)C(C)C)CNC(C)(C)C. The monoisotopic (exact) mass is 319 g/mol. The molecule has 0 saturated carbocycles. The van der Waals surface area contributed by atoms with Crippen molar-refractivity contribution >= 4 is 9.84 Å². The van der Waals surface area contributed by atoms with Crippen LogP contribution < -0.4 is 5.32 Å². The van der Waals surface area contributed by atoms with Crippen molar-refractivity contribution in [3.05, 3.63) is 0 Å². The zero-order valence-corrected chi connectivity index (χ0v) is 16.1. The smallest absolute Gasteiger partial charge is 0.152 e. The average molecular weight is 320 g/mol. The van der Waals surface area contributed by atoms with Crippen LogP contribution in [0.3, 0.4) is 0 Å². The molecule has 0 bridgehead atoms. The van der Waals surface area contributed by atoms with Crippen LogP contribution in [0.2, 0.25) is 0 Å². The predicted molar refractivity (Wildman–Crippen MR) is 93.5 cm³/mol. The maximum absolute atomic E-state index is 12.1. The molecule has 0 heterocycles. The molecule has 128 valence electrons. The Balaban J connectivity index is 4.93. The quantitative estimate of drug-likeness (QED) is 0.657. The standard InChI is InChI=1S/C17H37NO2S/c1-8-10-11-17(9-2,14-18-16(5,6)7)12-13-21(19,20)15(3)4/h15,18H,8-14H2,1-7H3. The summed E-state index contributed by atoms with van der Waals surface area (Å²) in [6, 6.07) is 0. The second-order valence-corrected chi connectivity index (χ2v) is 10.4. The highest BCUT2D eigenvalue weighted by atomic mass is 32.2. The first-order valence-electron chi connectivity index (χ1n) is 8.44. The van der Waals surface area contributed by atoms with E-state index in [0.717, 1.165) is 32.2 Å². The molecule has 21 heavy (non-hydrogen) atoms. The van der Waals surface area contributed by atoms with E-state index in [4.69, 9.17) is 0 Å². The summed E-state index contributed by atoms with van der Waals surface area (Å²) in [4.78, 5) is 0. The lowest BCUT2D eigenvalue weighted by molar-refractivity contribution is 0.201. The number of nitrogens with one attached hydrogen (secondary N) is 1. The summed E-state index contributed by atoms with van der Waals surface area (Å²) < 4.78 is 24.3. The van der Waals surface area contributed by atoms with Crippen molar-refractivity contribution in [3.63, 3.8) is 0 Å². The maximum Gasteiger partial charge on any atom is 0.152 e. The summed E-state index contributed by atoms with van der Waals surface area (Å²) >= 11 is 0. The molecule has 0 radical (unpaired) electrons. The third-order valence-corrected chi connectivity index (χ3v) is 6.65. The molecule has 0 aliphatic carbocycles. The lowest BCUT2D eigenvalue weighted by Crippen LogP contribution is -2.44. The van der Waals surface area contributed by atoms with Gasteiger partial charge in [-0.3, -0.25) is 0 Å². The van der Waals surface area contributed by atoms with Gasteiger partial charge in [0.15, 0.2) is 9.84 Å². The molecular weight excluding hydrogens is 282 g/mol. The van der Waals surface area contributed by atoms with Gasteiger partial charge in [0.1, 0.15) is 0 Å². The fraction of sp³-hybridized carbons (Fsp3) is 1.00. The van der Waals surface area contributed by atoms with Gasteiger partial charge in [-0.1, -0.05) is 26.7 Å². The third kappa shape index (κ3) is 8.20. The van der Waals surface area contributed by atoms with Crippen LogP contribution in [0.25, 0.3) is 0 Å². The molecule has 0 aromatic heterocycles. The van der Waals surface area contributed by atoms with Gasteiger partial charge in [0.05, 0.1) is 11.0 Å². The second-order valence-electron chi connectivity index (χ2n) is 7.73. The molecule has 0 amide bonds. The van der Waals surface area contributed by atoms with Crippen LogP contribution in [0.15, 0.2) is 0 Å². The van der Waals surface area contributed by atoms with Crippen LogP contribution >= 0.6 is 0 Å². The Morgan fingerprint density at radius 2 is 1.62 bits per heavy atom. The first kappa shape index (κ1) is 20.9. The molecule has 0 aromatic rings. The molecule has 4 heteroatoms. The summed E-state index contributed by atoms with van der Waals surface area (Å²) in [6.45, 7) is 15.4. The summed E-state index contributed by atoms with van der Waals surface area (Å²) in [7, 11) is -2.95. The van der Waals surface area contributed by atoms with E-state index in [1.165, 1.54) is 6.42 Å². The highest BCUT2D eigenvalue weighted by Crippen LogP contribution is 2.33. The molecular formula is C17H37NO2S. The third-order valence-electron chi connectivity index (χ3n) is 4.44. The Morgan fingerprint density at radius 1 is 1.05 bits per heavy atom. The Bertz CT molecular complexity index is 382. The molecule has 0 aliphatic heterocycles. The second kappa shape index (κ2) is 8.52. The summed E-state index contributed by atoms with van der Waals surface area (Å²) in [5.41, 5.74) is 0.175. The molecule has 0 saturated heterocycles. The van der Waals surface area contributed by atoms with Gasteiger partial charge in [-0.25, -0.2) is 8.42 Å². The lowest BCUT2D eigenvalue weighted by Gasteiger charge is -2.36.